The minimum atomic E-state index is -0.0432. The standard InChI is InChI=1S/C25H32N6O2.ClH/c1-32-22-13-12-19(18-23(22)33-2)24(25-26-27-28-31(25)21-10-6-7-11-21)30-16-14-29(15-17-30)20-8-4-3-5-9-20;/h3-5,8-9,12-13,18,21,24H,6-7,10-11,14-17H2,1-2H3;1H. The van der Waals surface area contributed by atoms with Gasteiger partial charge < -0.3 is 14.4 Å². The van der Waals surface area contributed by atoms with Crippen molar-refractivity contribution in [1.29, 1.82) is 0 Å². The van der Waals surface area contributed by atoms with Crippen molar-refractivity contribution < 1.29 is 9.47 Å². The molecule has 34 heavy (non-hydrogen) atoms. The molecule has 1 saturated carbocycles. The van der Waals surface area contributed by atoms with Gasteiger partial charge in [-0.1, -0.05) is 37.1 Å². The van der Waals surface area contributed by atoms with Gasteiger partial charge in [-0.3, -0.25) is 4.90 Å². The van der Waals surface area contributed by atoms with E-state index in [0.717, 1.165) is 61.9 Å². The highest BCUT2D eigenvalue weighted by molar-refractivity contribution is 5.85. The number of methoxy groups -OCH3 is 2. The van der Waals surface area contributed by atoms with Crippen LogP contribution in [0.2, 0.25) is 0 Å². The van der Waals surface area contributed by atoms with Crippen LogP contribution in [0, 0.1) is 0 Å². The van der Waals surface area contributed by atoms with Crippen molar-refractivity contribution in [2.75, 3.05) is 45.3 Å². The molecule has 1 atom stereocenters. The maximum Gasteiger partial charge on any atom is 0.173 e. The van der Waals surface area contributed by atoms with Gasteiger partial charge in [-0.05, 0) is 53.1 Å². The Bertz CT molecular complexity index is 1050. The molecule has 9 heteroatoms. The number of rotatable bonds is 7. The summed E-state index contributed by atoms with van der Waals surface area (Å²) in [5.41, 5.74) is 2.39. The van der Waals surface area contributed by atoms with Crippen LogP contribution in [-0.4, -0.2) is 65.5 Å². The second kappa shape index (κ2) is 11.1. The normalized spacial score (nSPS) is 17.9. The highest BCUT2D eigenvalue weighted by atomic mass is 35.5. The molecule has 0 N–H and O–H groups in total. The Morgan fingerprint density at radius 3 is 2.26 bits per heavy atom. The van der Waals surface area contributed by atoms with E-state index < -0.39 is 0 Å². The fourth-order valence-corrected chi connectivity index (χ4v) is 5.21. The molecule has 3 aromatic rings. The Morgan fingerprint density at radius 2 is 1.59 bits per heavy atom. The van der Waals surface area contributed by atoms with Crippen molar-refractivity contribution >= 4 is 18.1 Å². The Balaban J connectivity index is 0.00000274. The van der Waals surface area contributed by atoms with Gasteiger partial charge in [0.15, 0.2) is 17.3 Å². The SMILES string of the molecule is COc1ccc(C(c2nnnn2C2CCCC2)N2CCN(c3ccccc3)CC2)cc1OC.Cl. The summed E-state index contributed by atoms with van der Waals surface area (Å²) in [6.45, 7) is 3.76. The number of ether oxygens (including phenoxy) is 2. The van der Waals surface area contributed by atoms with Crippen LogP contribution in [0.25, 0.3) is 0 Å². The minimum Gasteiger partial charge on any atom is -0.493 e. The van der Waals surface area contributed by atoms with E-state index in [1.165, 1.54) is 18.5 Å². The molecule has 1 unspecified atom stereocenters. The lowest BCUT2D eigenvalue weighted by atomic mass is 10.0. The lowest BCUT2D eigenvalue weighted by Crippen LogP contribution is -2.48. The van der Waals surface area contributed by atoms with Crippen LogP contribution in [0.4, 0.5) is 5.69 Å². The number of para-hydroxylation sites is 1. The van der Waals surface area contributed by atoms with Crippen molar-refractivity contribution in [2.45, 2.75) is 37.8 Å². The first-order valence-electron chi connectivity index (χ1n) is 11.8. The third kappa shape index (κ3) is 4.83. The van der Waals surface area contributed by atoms with Gasteiger partial charge in [0.2, 0.25) is 0 Å². The quantitative estimate of drug-likeness (QED) is 0.499. The Hall–Kier alpha value is -2.84. The summed E-state index contributed by atoms with van der Waals surface area (Å²) in [4.78, 5) is 4.94. The molecule has 5 rings (SSSR count). The molecule has 182 valence electrons. The maximum absolute atomic E-state index is 5.63. The Morgan fingerprint density at radius 1 is 0.882 bits per heavy atom. The average Bonchev–Trinajstić information content (AvgIpc) is 3.57. The average molecular weight is 485 g/mol. The number of piperazine rings is 1. The van der Waals surface area contributed by atoms with Crippen LogP contribution in [0.5, 0.6) is 11.5 Å². The summed E-state index contributed by atoms with van der Waals surface area (Å²) >= 11 is 0. The van der Waals surface area contributed by atoms with E-state index in [2.05, 4.69) is 72.5 Å². The fraction of sp³-hybridized carbons (Fsp3) is 0.480. The van der Waals surface area contributed by atoms with Crippen LogP contribution in [0.3, 0.4) is 0 Å². The van der Waals surface area contributed by atoms with E-state index in [4.69, 9.17) is 9.47 Å². The highest BCUT2D eigenvalue weighted by Crippen LogP contribution is 2.37. The molecule has 0 radical (unpaired) electrons. The molecule has 1 saturated heterocycles. The van der Waals surface area contributed by atoms with Crippen molar-refractivity contribution in [2.24, 2.45) is 0 Å². The molecule has 1 aliphatic heterocycles. The molecule has 0 amide bonds. The summed E-state index contributed by atoms with van der Waals surface area (Å²) in [6.07, 6.45) is 4.75. The predicted octanol–water partition coefficient (Wildman–Crippen LogP) is 4.14. The molecular weight excluding hydrogens is 452 g/mol. The molecule has 0 bridgehead atoms. The van der Waals surface area contributed by atoms with Gasteiger partial charge in [0.1, 0.15) is 0 Å². The molecule has 2 aromatic carbocycles. The van der Waals surface area contributed by atoms with E-state index in [1.807, 2.05) is 6.07 Å². The molecule has 8 nitrogen and oxygen atoms in total. The summed E-state index contributed by atoms with van der Waals surface area (Å²) in [5, 5.41) is 13.1. The monoisotopic (exact) mass is 484 g/mol. The number of hydrogen-bond acceptors (Lipinski definition) is 7. The van der Waals surface area contributed by atoms with E-state index in [9.17, 15) is 0 Å². The van der Waals surface area contributed by atoms with Crippen LogP contribution < -0.4 is 14.4 Å². The molecule has 0 spiro atoms. The van der Waals surface area contributed by atoms with Crippen molar-refractivity contribution in [3.8, 4) is 11.5 Å². The fourth-order valence-electron chi connectivity index (χ4n) is 5.21. The van der Waals surface area contributed by atoms with Gasteiger partial charge in [-0.2, -0.15) is 0 Å². The van der Waals surface area contributed by atoms with Gasteiger partial charge in [0.25, 0.3) is 0 Å². The lowest BCUT2D eigenvalue weighted by Gasteiger charge is -2.40. The largest absolute Gasteiger partial charge is 0.493 e. The first-order valence-corrected chi connectivity index (χ1v) is 11.8. The Kier molecular flexibility index (Phi) is 7.90. The van der Waals surface area contributed by atoms with Gasteiger partial charge in [0, 0.05) is 31.9 Å². The first-order chi connectivity index (χ1) is 16.3. The number of tetrazole rings is 1. The number of hydrogen-bond donors (Lipinski definition) is 0. The van der Waals surface area contributed by atoms with Gasteiger partial charge in [-0.15, -0.1) is 17.5 Å². The van der Waals surface area contributed by atoms with E-state index in [-0.39, 0.29) is 18.4 Å². The van der Waals surface area contributed by atoms with Crippen molar-refractivity contribution in [1.82, 2.24) is 25.1 Å². The van der Waals surface area contributed by atoms with E-state index in [0.29, 0.717) is 6.04 Å². The molecule has 2 fully saturated rings. The van der Waals surface area contributed by atoms with Crippen LogP contribution in [0.1, 0.15) is 49.2 Å². The van der Waals surface area contributed by atoms with E-state index >= 15 is 0 Å². The summed E-state index contributed by atoms with van der Waals surface area (Å²) in [6, 6.07) is 17.1. The smallest absolute Gasteiger partial charge is 0.173 e. The van der Waals surface area contributed by atoms with Gasteiger partial charge in [-0.25, -0.2) is 4.68 Å². The number of nitrogens with zero attached hydrogens (tertiary/aromatic N) is 6. The summed E-state index contributed by atoms with van der Waals surface area (Å²) < 4.78 is 13.2. The topological polar surface area (TPSA) is 68.5 Å². The Labute approximate surface area is 207 Å². The summed E-state index contributed by atoms with van der Waals surface area (Å²) in [7, 11) is 3.34. The molecule has 2 aliphatic rings. The molecule has 2 heterocycles. The molecular formula is C25H33ClN6O2. The zero-order valence-corrected chi connectivity index (χ0v) is 20.7. The third-order valence-corrected chi connectivity index (χ3v) is 6.96. The lowest BCUT2D eigenvalue weighted by molar-refractivity contribution is 0.197. The van der Waals surface area contributed by atoms with Crippen LogP contribution >= 0.6 is 12.4 Å². The third-order valence-electron chi connectivity index (χ3n) is 6.96. The zero-order chi connectivity index (χ0) is 22.6. The van der Waals surface area contributed by atoms with Crippen LogP contribution in [0.15, 0.2) is 48.5 Å². The number of benzene rings is 2. The van der Waals surface area contributed by atoms with Crippen molar-refractivity contribution in [3.63, 3.8) is 0 Å². The molecule has 1 aliphatic carbocycles. The minimum absolute atomic E-state index is 0. The number of halogens is 1. The maximum atomic E-state index is 5.63. The zero-order valence-electron chi connectivity index (χ0n) is 19.8. The van der Waals surface area contributed by atoms with Gasteiger partial charge >= 0.3 is 0 Å². The predicted molar refractivity (Wildman–Crippen MR) is 134 cm³/mol. The second-order valence-electron chi connectivity index (χ2n) is 8.80. The summed E-state index contributed by atoms with van der Waals surface area (Å²) in [5.74, 6) is 2.37. The van der Waals surface area contributed by atoms with Crippen molar-refractivity contribution in [3.05, 3.63) is 59.9 Å². The van der Waals surface area contributed by atoms with Gasteiger partial charge in [0.05, 0.1) is 26.3 Å². The molecule has 1 aromatic heterocycles. The number of aromatic nitrogens is 4. The second-order valence-corrected chi connectivity index (χ2v) is 8.80. The van der Waals surface area contributed by atoms with E-state index in [1.54, 1.807) is 14.2 Å². The first kappa shape index (κ1) is 24.3. The van der Waals surface area contributed by atoms with Crippen LogP contribution in [-0.2, 0) is 0 Å². The highest BCUT2D eigenvalue weighted by Gasteiger charge is 2.33. The number of anilines is 1.